The van der Waals surface area contributed by atoms with Crippen LogP contribution in [0.15, 0.2) is 18.5 Å². The Morgan fingerprint density at radius 3 is 2.62 bits per heavy atom. The van der Waals surface area contributed by atoms with Crippen LogP contribution in [-0.2, 0) is 6.42 Å². The van der Waals surface area contributed by atoms with Gasteiger partial charge in [0.05, 0.1) is 6.20 Å². The summed E-state index contributed by atoms with van der Waals surface area (Å²) < 4.78 is 12.8. The Morgan fingerprint density at radius 2 is 2.08 bits per heavy atom. The van der Waals surface area contributed by atoms with Crippen LogP contribution in [0, 0.1) is 11.2 Å². The van der Waals surface area contributed by atoms with Crippen LogP contribution >= 0.6 is 0 Å². The quantitative estimate of drug-likeness (QED) is 0.697. The number of hydrogen-bond acceptors (Lipinski definition) is 1. The van der Waals surface area contributed by atoms with E-state index in [0.717, 1.165) is 18.4 Å². The number of pyridine rings is 1. The van der Waals surface area contributed by atoms with E-state index in [1.54, 1.807) is 12.3 Å². The molecule has 0 radical (unpaired) electrons. The first kappa shape index (κ1) is 10.2. The van der Waals surface area contributed by atoms with Gasteiger partial charge in [-0.2, -0.15) is 0 Å². The van der Waals surface area contributed by atoms with Gasteiger partial charge in [0.15, 0.2) is 0 Å². The molecule has 0 bridgehead atoms. The van der Waals surface area contributed by atoms with Crippen LogP contribution in [0.3, 0.4) is 0 Å². The molecule has 0 aliphatic rings. The summed E-state index contributed by atoms with van der Waals surface area (Å²) in [5.41, 5.74) is 1.21. The summed E-state index contributed by atoms with van der Waals surface area (Å²) in [6.45, 7) is 6.50. The Bertz CT molecular complexity index is 281. The standard InChI is InChI=1S/C11H16FN/c1-4-11(2,3)6-9-5-10(12)8-13-7-9/h5,7-8H,4,6H2,1-3H3. The third kappa shape index (κ3) is 3.13. The average molecular weight is 181 g/mol. The summed E-state index contributed by atoms with van der Waals surface area (Å²) in [7, 11) is 0. The average Bonchev–Trinajstić information content (AvgIpc) is 2.03. The van der Waals surface area contributed by atoms with Gasteiger partial charge in [-0.3, -0.25) is 4.98 Å². The molecule has 72 valence electrons. The first-order valence-electron chi connectivity index (χ1n) is 4.63. The highest BCUT2D eigenvalue weighted by atomic mass is 19.1. The lowest BCUT2D eigenvalue weighted by Crippen LogP contribution is -2.13. The normalized spacial score (nSPS) is 11.7. The lowest BCUT2D eigenvalue weighted by molar-refractivity contribution is 0.348. The maximum absolute atomic E-state index is 12.8. The number of nitrogens with zero attached hydrogens (tertiary/aromatic N) is 1. The van der Waals surface area contributed by atoms with Gasteiger partial charge in [-0.05, 0) is 23.5 Å². The lowest BCUT2D eigenvalue weighted by atomic mass is 9.84. The smallest absolute Gasteiger partial charge is 0.141 e. The fourth-order valence-corrected chi connectivity index (χ4v) is 1.23. The maximum Gasteiger partial charge on any atom is 0.141 e. The summed E-state index contributed by atoms with van der Waals surface area (Å²) in [4.78, 5) is 3.83. The van der Waals surface area contributed by atoms with Crippen molar-refractivity contribution in [1.82, 2.24) is 4.98 Å². The van der Waals surface area contributed by atoms with Crippen molar-refractivity contribution in [3.8, 4) is 0 Å². The van der Waals surface area contributed by atoms with Crippen LogP contribution in [0.5, 0.6) is 0 Å². The molecule has 0 aromatic carbocycles. The third-order valence-electron chi connectivity index (χ3n) is 2.40. The Hall–Kier alpha value is -0.920. The minimum Gasteiger partial charge on any atom is -0.261 e. The van der Waals surface area contributed by atoms with E-state index >= 15 is 0 Å². The molecule has 0 N–H and O–H groups in total. The van der Waals surface area contributed by atoms with Crippen molar-refractivity contribution in [1.29, 1.82) is 0 Å². The minimum atomic E-state index is -0.246. The van der Waals surface area contributed by atoms with Crippen LogP contribution < -0.4 is 0 Å². The van der Waals surface area contributed by atoms with Crippen molar-refractivity contribution in [2.75, 3.05) is 0 Å². The van der Waals surface area contributed by atoms with Crippen molar-refractivity contribution in [2.45, 2.75) is 33.6 Å². The van der Waals surface area contributed by atoms with Gasteiger partial charge < -0.3 is 0 Å². The van der Waals surface area contributed by atoms with Gasteiger partial charge >= 0.3 is 0 Å². The molecule has 2 heteroatoms. The van der Waals surface area contributed by atoms with Gasteiger partial charge in [0.25, 0.3) is 0 Å². The Labute approximate surface area is 79.0 Å². The lowest BCUT2D eigenvalue weighted by Gasteiger charge is -2.22. The molecular formula is C11H16FN. The van der Waals surface area contributed by atoms with E-state index in [1.807, 2.05) is 0 Å². The molecule has 0 amide bonds. The van der Waals surface area contributed by atoms with Crippen molar-refractivity contribution < 1.29 is 4.39 Å². The third-order valence-corrected chi connectivity index (χ3v) is 2.40. The first-order chi connectivity index (χ1) is 6.03. The molecule has 0 aliphatic carbocycles. The van der Waals surface area contributed by atoms with Crippen molar-refractivity contribution in [3.05, 3.63) is 29.8 Å². The van der Waals surface area contributed by atoms with E-state index in [2.05, 4.69) is 25.8 Å². The molecule has 0 atom stereocenters. The van der Waals surface area contributed by atoms with Gasteiger partial charge in [-0.25, -0.2) is 4.39 Å². The van der Waals surface area contributed by atoms with Gasteiger partial charge in [-0.1, -0.05) is 27.2 Å². The molecule has 0 fully saturated rings. The number of halogens is 1. The van der Waals surface area contributed by atoms with Crippen LogP contribution in [0.2, 0.25) is 0 Å². The largest absolute Gasteiger partial charge is 0.261 e. The van der Waals surface area contributed by atoms with E-state index in [4.69, 9.17) is 0 Å². The molecular weight excluding hydrogens is 165 g/mol. The van der Waals surface area contributed by atoms with Crippen LogP contribution in [-0.4, -0.2) is 4.98 Å². The van der Waals surface area contributed by atoms with Gasteiger partial charge in [-0.15, -0.1) is 0 Å². The Balaban J connectivity index is 2.74. The Morgan fingerprint density at radius 1 is 1.38 bits per heavy atom. The molecule has 0 spiro atoms. The molecule has 0 saturated carbocycles. The van der Waals surface area contributed by atoms with Crippen molar-refractivity contribution in [3.63, 3.8) is 0 Å². The molecule has 0 aliphatic heterocycles. The fourth-order valence-electron chi connectivity index (χ4n) is 1.23. The first-order valence-corrected chi connectivity index (χ1v) is 4.63. The molecule has 1 aromatic heterocycles. The highest BCUT2D eigenvalue weighted by molar-refractivity contribution is 5.11. The monoisotopic (exact) mass is 181 g/mol. The second-order valence-corrected chi connectivity index (χ2v) is 4.21. The van der Waals surface area contributed by atoms with Crippen LogP contribution in [0.1, 0.15) is 32.8 Å². The zero-order chi connectivity index (χ0) is 9.90. The summed E-state index contributed by atoms with van der Waals surface area (Å²) in [6.07, 6.45) is 4.95. The maximum atomic E-state index is 12.8. The zero-order valence-corrected chi connectivity index (χ0v) is 8.47. The van der Waals surface area contributed by atoms with Gasteiger partial charge in [0, 0.05) is 6.20 Å². The molecule has 0 saturated heterocycles. The second-order valence-electron chi connectivity index (χ2n) is 4.21. The zero-order valence-electron chi connectivity index (χ0n) is 8.47. The molecule has 1 aromatic rings. The molecule has 0 unspecified atom stereocenters. The van der Waals surface area contributed by atoms with E-state index in [-0.39, 0.29) is 11.2 Å². The molecule has 1 heterocycles. The van der Waals surface area contributed by atoms with Gasteiger partial charge in [0.2, 0.25) is 0 Å². The van der Waals surface area contributed by atoms with E-state index in [1.165, 1.54) is 6.20 Å². The van der Waals surface area contributed by atoms with Crippen molar-refractivity contribution in [2.24, 2.45) is 5.41 Å². The van der Waals surface area contributed by atoms with E-state index in [0.29, 0.717) is 0 Å². The summed E-state index contributed by atoms with van der Waals surface area (Å²) >= 11 is 0. The minimum absolute atomic E-state index is 0.232. The number of hydrogen-bond donors (Lipinski definition) is 0. The highest BCUT2D eigenvalue weighted by Crippen LogP contribution is 2.24. The SMILES string of the molecule is CCC(C)(C)Cc1cncc(F)c1. The summed E-state index contributed by atoms with van der Waals surface area (Å²) in [5.74, 6) is -0.246. The highest BCUT2D eigenvalue weighted by Gasteiger charge is 2.15. The molecule has 1 nitrogen and oxygen atoms in total. The van der Waals surface area contributed by atoms with E-state index < -0.39 is 0 Å². The fraction of sp³-hybridized carbons (Fsp3) is 0.545. The summed E-state index contributed by atoms with van der Waals surface area (Å²) in [5, 5.41) is 0. The number of aromatic nitrogens is 1. The predicted octanol–water partition coefficient (Wildman–Crippen LogP) is 3.20. The second kappa shape index (κ2) is 3.86. The van der Waals surface area contributed by atoms with Crippen LogP contribution in [0.4, 0.5) is 4.39 Å². The van der Waals surface area contributed by atoms with Gasteiger partial charge in [0.1, 0.15) is 5.82 Å². The topological polar surface area (TPSA) is 12.9 Å². The summed E-state index contributed by atoms with van der Waals surface area (Å²) in [6, 6.07) is 1.56. The predicted molar refractivity (Wildman–Crippen MR) is 52.0 cm³/mol. The Kier molecular flexibility index (Phi) is 3.02. The van der Waals surface area contributed by atoms with Crippen molar-refractivity contribution >= 4 is 0 Å². The van der Waals surface area contributed by atoms with E-state index in [9.17, 15) is 4.39 Å². The van der Waals surface area contributed by atoms with Crippen LogP contribution in [0.25, 0.3) is 0 Å². The molecule has 13 heavy (non-hydrogen) atoms. The number of rotatable bonds is 3. The molecule has 1 rings (SSSR count).